The van der Waals surface area contributed by atoms with Crippen LogP contribution in [0.3, 0.4) is 0 Å². The van der Waals surface area contributed by atoms with Crippen molar-refractivity contribution in [1.82, 2.24) is 4.31 Å². The number of aliphatic hydroxyl groups excluding tert-OH is 1. The second kappa shape index (κ2) is 8.36. The lowest BCUT2D eigenvalue weighted by Crippen LogP contribution is -2.58. The van der Waals surface area contributed by atoms with Crippen molar-refractivity contribution in [3.05, 3.63) is 52.8 Å². The molecule has 1 aliphatic rings. The van der Waals surface area contributed by atoms with E-state index in [0.29, 0.717) is 29.6 Å². The van der Waals surface area contributed by atoms with E-state index in [1.807, 2.05) is 12.1 Å². The predicted molar refractivity (Wildman–Crippen MR) is 102 cm³/mol. The lowest BCUT2D eigenvalue weighted by atomic mass is 9.83. The Balaban J connectivity index is 1.56. The molecular weight excluding hydrogens is 391 g/mol. The van der Waals surface area contributed by atoms with Crippen molar-refractivity contribution in [1.29, 1.82) is 5.26 Å². The highest BCUT2D eigenvalue weighted by Crippen LogP contribution is 2.41. The predicted octanol–water partition coefficient (Wildman–Crippen LogP) is 3.74. The van der Waals surface area contributed by atoms with Crippen LogP contribution >= 0.6 is 23.5 Å². The second-order valence-electron chi connectivity index (χ2n) is 6.39. The van der Waals surface area contributed by atoms with Gasteiger partial charge in [-0.25, -0.2) is 8.70 Å². The first-order chi connectivity index (χ1) is 13.0. The topological polar surface area (TPSA) is 65.7 Å². The minimum absolute atomic E-state index is 0.0261. The van der Waals surface area contributed by atoms with Crippen LogP contribution in [0.15, 0.2) is 41.3 Å². The fourth-order valence-corrected chi connectivity index (χ4v) is 4.24. The maximum atomic E-state index is 13.7. The van der Waals surface area contributed by atoms with E-state index in [2.05, 4.69) is 4.31 Å². The number of ether oxygens (including phenoxy) is 2. The summed E-state index contributed by atoms with van der Waals surface area (Å²) in [7, 11) is 1.59. The summed E-state index contributed by atoms with van der Waals surface area (Å²) in [6.07, 6.45) is 0. The van der Waals surface area contributed by atoms with Crippen molar-refractivity contribution in [2.45, 2.75) is 4.90 Å². The van der Waals surface area contributed by atoms with Crippen LogP contribution in [0.2, 0.25) is 5.02 Å². The van der Waals surface area contributed by atoms with Gasteiger partial charge in [0.25, 0.3) is 0 Å². The minimum atomic E-state index is -0.618. The molecule has 142 valence electrons. The molecule has 1 N–H and O–H groups in total. The molecule has 0 amide bonds. The Labute approximate surface area is 166 Å². The van der Waals surface area contributed by atoms with E-state index in [1.54, 1.807) is 25.3 Å². The van der Waals surface area contributed by atoms with Gasteiger partial charge in [-0.05, 0) is 42.3 Å². The maximum absolute atomic E-state index is 13.7. The summed E-state index contributed by atoms with van der Waals surface area (Å²) in [4.78, 5) is 0.902. The summed E-state index contributed by atoms with van der Waals surface area (Å²) in [5.41, 5.74) is -0.446. The summed E-state index contributed by atoms with van der Waals surface area (Å²) in [6, 6.07) is 11.4. The van der Waals surface area contributed by atoms with Gasteiger partial charge in [0, 0.05) is 24.1 Å². The fraction of sp³-hybridized carbons (Fsp3) is 0.316. The number of benzene rings is 2. The van der Waals surface area contributed by atoms with Crippen molar-refractivity contribution in [3.8, 4) is 17.6 Å². The van der Waals surface area contributed by atoms with Crippen molar-refractivity contribution in [2.24, 2.45) is 5.41 Å². The molecule has 8 heteroatoms. The van der Waals surface area contributed by atoms with E-state index >= 15 is 0 Å². The van der Waals surface area contributed by atoms with E-state index in [1.165, 1.54) is 24.1 Å². The fourth-order valence-electron chi connectivity index (χ4n) is 2.74. The van der Waals surface area contributed by atoms with E-state index in [-0.39, 0.29) is 18.8 Å². The number of methoxy groups -OCH3 is 1. The molecule has 2 aromatic carbocycles. The number of rotatable bonds is 7. The van der Waals surface area contributed by atoms with Crippen LogP contribution in [-0.4, -0.2) is 42.8 Å². The van der Waals surface area contributed by atoms with E-state index in [0.717, 1.165) is 4.90 Å². The molecular formula is C19H18ClFN2O3S. The zero-order chi connectivity index (χ0) is 19.4. The van der Waals surface area contributed by atoms with Crippen molar-refractivity contribution in [3.63, 3.8) is 0 Å². The molecule has 2 aromatic rings. The quantitative estimate of drug-likeness (QED) is 0.704. The molecule has 3 rings (SSSR count). The van der Waals surface area contributed by atoms with Gasteiger partial charge in [0.05, 0.1) is 36.3 Å². The molecule has 0 atom stereocenters. The van der Waals surface area contributed by atoms with Crippen LogP contribution in [0.5, 0.6) is 11.5 Å². The Morgan fingerprint density at radius 3 is 2.63 bits per heavy atom. The second-order valence-corrected chi connectivity index (χ2v) is 7.93. The van der Waals surface area contributed by atoms with Crippen LogP contribution in [-0.2, 0) is 0 Å². The number of aliphatic hydroxyl groups is 1. The third kappa shape index (κ3) is 4.47. The average Bonchev–Trinajstić information content (AvgIpc) is 2.64. The smallest absolute Gasteiger partial charge is 0.144 e. The summed E-state index contributed by atoms with van der Waals surface area (Å²) < 4.78 is 26.5. The lowest BCUT2D eigenvalue weighted by Gasteiger charge is -2.47. The van der Waals surface area contributed by atoms with Gasteiger partial charge in [0.2, 0.25) is 0 Å². The first kappa shape index (κ1) is 19.8. The standard InChI is InChI=1S/C19H18ClFN2O3S/c1-25-14-4-5-18(16(20)6-14)27-23-9-19(10-23,11-24)12-26-15-3-2-13(8-22)17(21)7-15/h2-7,24H,9-12H2,1H3. The molecule has 1 aliphatic heterocycles. The third-order valence-electron chi connectivity index (χ3n) is 4.33. The molecule has 1 saturated heterocycles. The van der Waals surface area contributed by atoms with Gasteiger partial charge in [0.15, 0.2) is 0 Å². The van der Waals surface area contributed by atoms with Gasteiger partial charge in [0.1, 0.15) is 23.4 Å². The Morgan fingerprint density at radius 1 is 1.30 bits per heavy atom. The molecule has 0 aliphatic carbocycles. The zero-order valence-corrected chi connectivity index (χ0v) is 16.2. The van der Waals surface area contributed by atoms with Crippen LogP contribution in [0, 0.1) is 22.6 Å². The molecule has 0 spiro atoms. The van der Waals surface area contributed by atoms with Gasteiger partial charge < -0.3 is 14.6 Å². The molecule has 0 bridgehead atoms. The van der Waals surface area contributed by atoms with Gasteiger partial charge in [-0.15, -0.1) is 0 Å². The molecule has 0 radical (unpaired) electrons. The third-order valence-corrected chi connectivity index (χ3v) is 5.83. The van der Waals surface area contributed by atoms with Gasteiger partial charge in [-0.3, -0.25) is 0 Å². The number of hydrogen-bond donors (Lipinski definition) is 1. The summed E-state index contributed by atoms with van der Waals surface area (Å²) >= 11 is 7.76. The highest BCUT2D eigenvalue weighted by molar-refractivity contribution is 7.97. The molecule has 1 fully saturated rings. The van der Waals surface area contributed by atoms with Crippen LogP contribution in [0.1, 0.15) is 5.56 Å². The molecule has 27 heavy (non-hydrogen) atoms. The maximum Gasteiger partial charge on any atom is 0.144 e. The molecule has 0 aromatic heterocycles. The molecule has 0 unspecified atom stereocenters. The van der Waals surface area contributed by atoms with Crippen LogP contribution in [0.25, 0.3) is 0 Å². The lowest BCUT2D eigenvalue weighted by molar-refractivity contribution is -0.0226. The normalized spacial score (nSPS) is 15.7. The van der Waals surface area contributed by atoms with Crippen molar-refractivity contribution >= 4 is 23.5 Å². The highest BCUT2D eigenvalue weighted by Gasteiger charge is 2.44. The Hall–Kier alpha value is -1.98. The number of nitriles is 1. The Kier molecular flexibility index (Phi) is 6.12. The number of nitrogens with zero attached hydrogens (tertiary/aromatic N) is 2. The SMILES string of the molecule is COc1ccc(SN2CC(CO)(COc3ccc(C#N)c(F)c3)C2)c(Cl)c1. The summed E-state index contributed by atoms with van der Waals surface area (Å²) in [6.45, 7) is 1.42. The first-order valence-electron chi connectivity index (χ1n) is 8.18. The van der Waals surface area contributed by atoms with E-state index in [4.69, 9.17) is 26.3 Å². The highest BCUT2D eigenvalue weighted by atomic mass is 35.5. The van der Waals surface area contributed by atoms with E-state index in [9.17, 15) is 9.50 Å². The first-order valence-corrected chi connectivity index (χ1v) is 9.33. The molecule has 1 heterocycles. The van der Waals surface area contributed by atoms with E-state index < -0.39 is 11.2 Å². The minimum Gasteiger partial charge on any atom is -0.497 e. The number of halogens is 2. The van der Waals surface area contributed by atoms with Crippen LogP contribution < -0.4 is 9.47 Å². The molecule has 0 saturated carbocycles. The van der Waals surface area contributed by atoms with Crippen LogP contribution in [0.4, 0.5) is 4.39 Å². The monoisotopic (exact) mass is 408 g/mol. The largest absolute Gasteiger partial charge is 0.497 e. The Morgan fingerprint density at radius 2 is 2.04 bits per heavy atom. The summed E-state index contributed by atoms with van der Waals surface area (Å²) in [5.74, 6) is 0.414. The van der Waals surface area contributed by atoms with Crippen molar-refractivity contribution in [2.75, 3.05) is 33.4 Å². The zero-order valence-electron chi connectivity index (χ0n) is 14.6. The van der Waals surface area contributed by atoms with Gasteiger partial charge in [-0.2, -0.15) is 5.26 Å². The van der Waals surface area contributed by atoms with Gasteiger partial charge >= 0.3 is 0 Å². The summed E-state index contributed by atoms with van der Waals surface area (Å²) in [5, 5.41) is 19.1. The number of hydrogen-bond acceptors (Lipinski definition) is 6. The van der Waals surface area contributed by atoms with Crippen molar-refractivity contribution < 1.29 is 19.0 Å². The molecule has 5 nitrogen and oxygen atoms in total. The van der Waals surface area contributed by atoms with Gasteiger partial charge in [-0.1, -0.05) is 11.6 Å². The average molecular weight is 409 g/mol. The Bertz CT molecular complexity index is 869.